The van der Waals surface area contributed by atoms with Gasteiger partial charge in [0.2, 0.25) is 0 Å². The molecule has 4 aromatic carbocycles. The summed E-state index contributed by atoms with van der Waals surface area (Å²) in [5, 5.41) is 0. The zero-order valence-corrected chi connectivity index (χ0v) is 20.3. The Morgan fingerprint density at radius 2 is 0.730 bits per heavy atom. The first-order valence-corrected chi connectivity index (χ1v) is 12.5. The lowest BCUT2D eigenvalue weighted by Crippen LogP contribution is -2.22. The molecular formula is C32H26O5. The number of carbonyl (C=O) groups is 2. The van der Waals surface area contributed by atoms with Gasteiger partial charge in [-0.3, -0.25) is 9.59 Å². The first-order chi connectivity index (χ1) is 18.2. The van der Waals surface area contributed by atoms with Gasteiger partial charge in [-0.25, -0.2) is 0 Å². The van der Waals surface area contributed by atoms with Crippen LogP contribution in [0.3, 0.4) is 0 Å². The molecule has 0 aromatic heterocycles. The minimum Gasteiger partial charge on any atom is -0.377 e. The van der Waals surface area contributed by atoms with Gasteiger partial charge >= 0.3 is 0 Å². The fourth-order valence-corrected chi connectivity index (χ4v) is 5.27. The van der Waals surface area contributed by atoms with Crippen molar-refractivity contribution in [2.24, 2.45) is 0 Å². The minimum atomic E-state index is -0.0641. The number of fused-ring (bicyclic) bond motifs is 5. The Hall–Kier alpha value is -3.90. The van der Waals surface area contributed by atoms with Gasteiger partial charge in [0.15, 0.2) is 11.6 Å². The SMILES string of the molecule is O=C1c2ccccc2C(=O)c2ccccc21.c1ccc2c(c1)C1OCCOCCOC2c2ccccc21. The highest BCUT2D eigenvalue weighted by Gasteiger charge is 2.33. The molecule has 2 aliphatic carbocycles. The molecule has 0 saturated heterocycles. The van der Waals surface area contributed by atoms with Crippen LogP contribution in [-0.4, -0.2) is 38.0 Å². The van der Waals surface area contributed by atoms with E-state index in [4.69, 9.17) is 14.2 Å². The highest BCUT2D eigenvalue weighted by molar-refractivity contribution is 6.28. The van der Waals surface area contributed by atoms with E-state index in [9.17, 15) is 9.59 Å². The summed E-state index contributed by atoms with van der Waals surface area (Å²) < 4.78 is 17.8. The van der Waals surface area contributed by atoms with Crippen molar-refractivity contribution in [1.29, 1.82) is 0 Å². The average Bonchev–Trinajstić information content (AvgIpc) is 3.03. The van der Waals surface area contributed by atoms with Crippen molar-refractivity contribution in [3.05, 3.63) is 142 Å². The first-order valence-electron chi connectivity index (χ1n) is 12.5. The molecule has 0 saturated carbocycles. The molecular weight excluding hydrogens is 464 g/mol. The predicted octanol–water partition coefficient (Wildman–Crippen LogP) is 5.70. The maximum absolute atomic E-state index is 12.1. The lowest BCUT2D eigenvalue weighted by Gasteiger charge is -2.33. The van der Waals surface area contributed by atoms with Crippen LogP contribution in [0.2, 0.25) is 0 Å². The second kappa shape index (κ2) is 10.2. The number of carbonyl (C=O) groups excluding carboxylic acids is 2. The Morgan fingerprint density at radius 1 is 0.432 bits per heavy atom. The third kappa shape index (κ3) is 4.31. The molecule has 184 valence electrons. The Morgan fingerprint density at radius 3 is 1.05 bits per heavy atom. The summed E-state index contributed by atoms with van der Waals surface area (Å²) in [5.41, 5.74) is 6.87. The van der Waals surface area contributed by atoms with E-state index < -0.39 is 0 Å². The second-order valence-corrected chi connectivity index (χ2v) is 9.12. The zero-order chi connectivity index (χ0) is 25.2. The quantitative estimate of drug-likeness (QED) is 0.279. The summed E-state index contributed by atoms with van der Waals surface area (Å²) >= 11 is 0. The Bertz CT molecular complexity index is 1270. The third-order valence-electron chi connectivity index (χ3n) is 6.98. The summed E-state index contributed by atoms with van der Waals surface area (Å²) in [6.45, 7) is 2.40. The van der Waals surface area contributed by atoms with Gasteiger partial charge in [0.1, 0.15) is 12.2 Å². The van der Waals surface area contributed by atoms with Gasteiger partial charge in [-0.05, 0) is 22.3 Å². The maximum Gasteiger partial charge on any atom is 0.194 e. The molecule has 0 radical (unpaired) electrons. The predicted molar refractivity (Wildman–Crippen MR) is 139 cm³/mol. The van der Waals surface area contributed by atoms with Gasteiger partial charge < -0.3 is 14.2 Å². The molecule has 0 N–H and O–H groups in total. The number of hydrogen-bond donors (Lipinski definition) is 0. The standard InChI is InChI=1S/C18H18O3.C14H8O2/c1-2-6-14-13(5-1)17-15-7-3-4-8-16(15)18(14)21-12-10-19-9-11-20-17;15-13-9-5-1-2-6-10(9)14(16)12-8-4-3-7-11(12)13/h1-8,17-18H,9-12H2;1-8H. The summed E-state index contributed by atoms with van der Waals surface area (Å²) in [5.74, 6) is -0.128. The molecule has 1 aliphatic heterocycles. The molecule has 7 rings (SSSR count). The van der Waals surface area contributed by atoms with Gasteiger partial charge in [0.25, 0.3) is 0 Å². The van der Waals surface area contributed by atoms with Crippen LogP contribution in [0.15, 0.2) is 97.1 Å². The average molecular weight is 491 g/mol. The molecule has 4 aromatic rings. The molecule has 0 atom stereocenters. The lowest BCUT2D eigenvalue weighted by atomic mass is 9.82. The van der Waals surface area contributed by atoms with E-state index in [1.807, 2.05) is 0 Å². The molecule has 0 spiro atoms. The third-order valence-corrected chi connectivity index (χ3v) is 6.98. The smallest absolute Gasteiger partial charge is 0.194 e. The van der Waals surface area contributed by atoms with Crippen molar-refractivity contribution in [3.63, 3.8) is 0 Å². The van der Waals surface area contributed by atoms with Crippen molar-refractivity contribution in [2.45, 2.75) is 12.2 Å². The van der Waals surface area contributed by atoms with Crippen molar-refractivity contribution in [3.8, 4) is 0 Å². The van der Waals surface area contributed by atoms with Crippen LogP contribution in [0.4, 0.5) is 0 Å². The van der Waals surface area contributed by atoms with E-state index in [0.29, 0.717) is 48.7 Å². The number of hydrogen-bond acceptors (Lipinski definition) is 5. The molecule has 0 amide bonds. The monoisotopic (exact) mass is 490 g/mol. The Kier molecular flexibility index (Phi) is 6.49. The van der Waals surface area contributed by atoms with E-state index >= 15 is 0 Å². The van der Waals surface area contributed by atoms with Crippen LogP contribution in [0.1, 0.15) is 66.3 Å². The number of ether oxygens (including phenoxy) is 3. The van der Waals surface area contributed by atoms with Crippen LogP contribution in [-0.2, 0) is 14.2 Å². The van der Waals surface area contributed by atoms with Crippen molar-refractivity contribution < 1.29 is 23.8 Å². The van der Waals surface area contributed by atoms with Crippen molar-refractivity contribution >= 4 is 11.6 Å². The number of benzene rings is 4. The Balaban J connectivity index is 0.000000141. The number of rotatable bonds is 0. The summed E-state index contributed by atoms with van der Waals surface area (Å²) in [7, 11) is 0. The maximum atomic E-state index is 12.1. The van der Waals surface area contributed by atoms with Crippen molar-refractivity contribution in [1.82, 2.24) is 0 Å². The second-order valence-electron chi connectivity index (χ2n) is 9.12. The molecule has 2 bridgehead atoms. The fraction of sp³-hybridized carbons (Fsp3) is 0.188. The fourth-order valence-electron chi connectivity index (χ4n) is 5.27. The topological polar surface area (TPSA) is 61.8 Å². The lowest BCUT2D eigenvalue weighted by molar-refractivity contribution is 0.00187. The van der Waals surface area contributed by atoms with Gasteiger partial charge in [0, 0.05) is 22.3 Å². The van der Waals surface area contributed by atoms with Crippen molar-refractivity contribution in [2.75, 3.05) is 26.4 Å². The van der Waals surface area contributed by atoms with E-state index in [-0.39, 0.29) is 23.8 Å². The van der Waals surface area contributed by atoms with Gasteiger partial charge in [-0.15, -0.1) is 0 Å². The van der Waals surface area contributed by atoms with Gasteiger partial charge in [0.05, 0.1) is 26.4 Å². The number of ketones is 2. The first kappa shape index (κ1) is 23.5. The largest absolute Gasteiger partial charge is 0.377 e. The van der Waals surface area contributed by atoms with Crippen LogP contribution in [0.25, 0.3) is 0 Å². The Labute approximate surface area is 215 Å². The summed E-state index contributed by atoms with van der Waals surface area (Å²) in [6.07, 6.45) is -0.0575. The summed E-state index contributed by atoms with van der Waals surface area (Å²) in [4.78, 5) is 24.2. The molecule has 0 unspecified atom stereocenters. The highest BCUT2D eigenvalue weighted by Crippen LogP contribution is 2.44. The summed E-state index contributed by atoms with van der Waals surface area (Å²) in [6, 6.07) is 30.7. The van der Waals surface area contributed by atoms with Gasteiger partial charge in [-0.1, -0.05) is 97.1 Å². The van der Waals surface area contributed by atoms with E-state index in [0.717, 1.165) is 0 Å². The molecule has 5 nitrogen and oxygen atoms in total. The minimum absolute atomic E-state index is 0.0288. The van der Waals surface area contributed by atoms with E-state index in [1.54, 1.807) is 48.5 Å². The van der Waals surface area contributed by atoms with E-state index in [1.165, 1.54) is 22.3 Å². The van der Waals surface area contributed by atoms with Gasteiger partial charge in [-0.2, -0.15) is 0 Å². The molecule has 37 heavy (non-hydrogen) atoms. The van der Waals surface area contributed by atoms with Crippen LogP contribution in [0.5, 0.6) is 0 Å². The molecule has 5 heteroatoms. The van der Waals surface area contributed by atoms with Crippen LogP contribution in [0, 0.1) is 0 Å². The molecule has 0 fully saturated rings. The van der Waals surface area contributed by atoms with Crippen LogP contribution < -0.4 is 0 Å². The van der Waals surface area contributed by atoms with Crippen LogP contribution >= 0.6 is 0 Å². The highest BCUT2D eigenvalue weighted by atomic mass is 16.6. The zero-order valence-electron chi connectivity index (χ0n) is 20.3. The molecule has 1 heterocycles. The normalized spacial score (nSPS) is 19.8. The molecule has 3 aliphatic rings. The van der Waals surface area contributed by atoms with E-state index in [2.05, 4.69) is 48.5 Å².